The first-order valence-electron chi connectivity index (χ1n) is 5.36. The van der Waals surface area contributed by atoms with Gasteiger partial charge in [0.2, 0.25) is 5.91 Å². The van der Waals surface area contributed by atoms with Crippen LogP contribution in [-0.2, 0) is 11.3 Å². The van der Waals surface area contributed by atoms with Gasteiger partial charge in [-0.3, -0.25) is 9.69 Å². The highest BCUT2D eigenvalue weighted by molar-refractivity contribution is 5.77. The van der Waals surface area contributed by atoms with Gasteiger partial charge in [-0.05, 0) is 24.7 Å². The van der Waals surface area contributed by atoms with Crippen LogP contribution in [0.25, 0.3) is 0 Å². The van der Waals surface area contributed by atoms with E-state index in [1.165, 1.54) is 0 Å². The first-order valence-corrected chi connectivity index (χ1v) is 5.36. The lowest BCUT2D eigenvalue weighted by atomic mass is 10.2. The minimum atomic E-state index is 0.0549. The Labute approximate surface area is 101 Å². The van der Waals surface area contributed by atoms with Crippen molar-refractivity contribution < 1.29 is 9.90 Å². The molecule has 3 N–H and O–H groups in total. The molecule has 5 heteroatoms. The first kappa shape index (κ1) is 13.3. The number of hydrogen-bond acceptors (Lipinski definition) is 4. The van der Waals surface area contributed by atoms with E-state index in [-0.39, 0.29) is 11.7 Å². The van der Waals surface area contributed by atoms with Gasteiger partial charge in [-0.15, -0.1) is 0 Å². The second-order valence-electron chi connectivity index (χ2n) is 4.35. The largest absolute Gasteiger partial charge is 0.506 e. The summed E-state index contributed by atoms with van der Waals surface area (Å²) in [5.74, 6) is 0.139. The molecule has 0 aliphatic carbocycles. The van der Waals surface area contributed by atoms with E-state index < -0.39 is 0 Å². The zero-order valence-electron chi connectivity index (χ0n) is 10.5. The molecule has 0 aliphatic rings. The third-order valence-corrected chi connectivity index (χ3v) is 2.45. The minimum Gasteiger partial charge on any atom is -0.506 e. The smallest absolute Gasteiger partial charge is 0.236 e. The van der Waals surface area contributed by atoms with Crippen molar-refractivity contribution in [3.8, 4) is 5.75 Å². The van der Waals surface area contributed by atoms with E-state index in [2.05, 4.69) is 0 Å². The molecule has 5 nitrogen and oxygen atoms in total. The summed E-state index contributed by atoms with van der Waals surface area (Å²) in [6, 6.07) is 5.07. The predicted octanol–water partition coefficient (Wildman–Crippen LogP) is 0.494. The number of nitrogen functional groups attached to an aromatic ring is 1. The van der Waals surface area contributed by atoms with Gasteiger partial charge in [0.15, 0.2) is 0 Å². The van der Waals surface area contributed by atoms with Gasteiger partial charge in [0.05, 0.1) is 12.2 Å². The lowest BCUT2D eigenvalue weighted by Gasteiger charge is -2.19. The summed E-state index contributed by atoms with van der Waals surface area (Å²) >= 11 is 0. The second-order valence-corrected chi connectivity index (χ2v) is 4.35. The van der Waals surface area contributed by atoms with Crippen LogP contribution in [0.2, 0.25) is 0 Å². The number of hydrogen-bond donors (Lipinski definition) is 2. The van der Waals surface area contributed by atoms with E-state index in [1.54, 1.807) is 37.2 Å². The van der Waals surface area contributed by atoms with E-state index in [0.717, 1.165) is 5.56 Å². The van der Waals surface area contributed by atoms with Gasteiger partial charge in [0, 0.05) is 20.6 Å². The quantitative estimate of drug-likeness (QED) is 0.591. The summed E-state index contributed by atoms with van der Waals surface area (Å²) in [7, 11) is 5.33. The predicted molar refractivity (Wildman–Crippen MR) is 67.5 cm³/mol. The molecule has 0 heterocycles. The number of benzene rings is 1. The van der Waals surface area contributed by atoms with Gasteiger partial charge in [0.1, 0.15) is 5.75 Å². The molecule has 0 atom stereocenters. The Morgan fingerprint density at radius 3 is 2.53 bits per heavy atom. The van der Waals surface area contributed by atoms with E-state index in [9.17, 15) is 9.90 Å². The lowest BCUT2D eigenvalue weighted by molar-refractivity contribution is -0.129. The molecule has 0 bridgehead atoms. The van der Waals surface area contributed by atoms with Crippen molar-refractivity contribution in [3.05, 3.63) is 23.8 Å². The van der Waals surface area contributed by atoms with Crippen molar-refractivity contribution in [2.45, 2.75) is 6.54 Å². The van der Waals surface area contributed by atoms with Gasteiger partial charge >= 0.3 is 0 Å². The summed E-state index contributed by atoms with van der Waals surface area (Å²) in [6.07, 6.45) is 0. The Bertz CT molecular complexity index is 405. The molecule has 0 fully saturated rings. The van der Waals surface area contributed by atoms with Crippen molar-refractivity contribution in [3.63, 3.8) is 0 Å². The number of amides is 1. The molecular formula is C12H19N3O2. The summed E-state index contributed by atoms with van der Waals surface area (Å²) in [5, 5.41) is 9.30. The number of nitrogens with two attached hydrogens (primary N) is 1. The number of likely N-dealkylation sites (N-methyl/N-ethyl adjacent to an activating group) is 2. The number of phenolic OH excluding ortho intramolecular Hbond substituents is 1. The van der Waals surface area contributed by atoms with Crippen LogP contribution in [0, 0.1) is 0 Å². The standard InChI is InChI=1S/C12H19N3O2/c1-14(2)12(17)8-15(3)7-9-4-5-11(16)10(13)6-9/h4-6,16H,7-8,13H2,1-3H3. The Balaban J connectivity index is 2.59. The van der Waals surface area contributed by atoms with E-state index in [0.29, 0.717) is 18.8 Å². The van der Waals surface area contributed by atoms with E-state index >= 15 is 0 Å². The van der Waals surface area contributed by atoms with E-state index in [1.807, 2.05) is 11.9 Å². The molecule has 1 amide bonds. The van der Waals surface area contributed by atoms with Crippen molar-refractivity contribution in [1.29, 1.82) is 0 Å². The molecule has 0 radical (unpaired) electrons. The number of aromatic hydroxyl groups is 1. The maximum Gasteiger partial charge on any atom is 0.236 e. The zero-order chi connectivity index (χ0) is 13.0. The van der Waals surface area contributed by atoms with Crippen LogP contribution in [0.5, 0.6) is 5.75 Å². The van der Waals surface area contributed by atoms with Gasteiger partial charge < -0.3 is 15.7 Å². The fourth-order valence-electron chi connectivity index (χ4n) is 1.44. The monoisotopic (exact) mass is 237 g/mol. The Morgan fingerprint density at radius 1 is 1.35 bits per heavy atom. The molecule has 1 rings (SSSR count). The second kappa shape index (κ2) is 5.54. The van der Waals surface area contributed by atoms with Crippen LogP contribution in [0.4, 0.5) is 5.69 Å². The molecule has 0 spiro atoms. The molecule has 94 valence electrons. The molecule has 0 unspecified atom stereocenters. The first-order chi connectivity index (χ1) is 7.90. The summed E-state index contributed by atoms with van der Waals surface area (Å²) < 4.78 is 0. The number of carbonyl (C=O) groups is 1. The molecular weight excluding hydrogens is 218 g/mol. The van der Waals surface area contributed by atoms with Gasteiger partial charge in [-0.2, -0.15) is 0 Å². The SMILES string of the molecule is CN(CC(=O)N(C)C)Cc1ccc(O)c(N)c1. The molecule has 0 saturated heterocycles. The zero-order valence-corrected chi connectivity index (χ0v) is 10.5. The summed E-state index contributed by atoms with van der Waals surface area (Å²) in [5.41, 5.74) is 6.93. The third-order valence-electron chi connectivity index (χ3n) is 2.45. The summed E-state index contributed by atoms with van der Waals surface area (Å²) in [6.45, 7) is 0.970. The van der Waals surface area contributed by atoms with Crippen LogP contribution in [0.3, 0.4) is 0 Å². The van der Waals surface area contributed by atoms with Crippen LogP contribution < -0.4 is 5.73 Å². The fourth-order valence-corrected chi connectivity index (χ4v) is 1.44. The van der Waals surface area contributed by atoms with Crippen LogP contribution >= 0.6 is 0 Å². The number of carbonyl (C=O) groups excluding carboxylic acids is 1. The van der Waals surface area contributed by atoms with Crippen molar-refractivity contribution in [2.24, 2.45) is 0 Å². The Kier molecular flexibility index (Phi) is 4.34. The van der Waals surface area contributed by atoms with Gasteiger partial charge in [-0.25, -0.2) is 0 Å². The molecule has 17 heavy (non-hydrogen) atoms. The summed E-state index contributed by atoms with van der Waals surface area (Å²) in [4.78, 5) is 14.9. The normalized spacial score (nSPS) is 10.6. The number of rotatable bonds is 4. The maximum atomic E-state index is 11.5. The van der Waals surface area contributed by atoms with Crippen LogP contribution in [0.15, 0.2) is 18.2 Å². The molecule has 0 saturated carbocycles. The Morgan fingerprint density at radius 2 is 2.00 bits per heavy atom. The van der Waals surface area contributed by atoms with Crippen LogP contribution in [-0.4, -0.2) is 48.5 Å². The molecule has 0 aliphatic heterocycles. The average Bonchev–Trinajstić information content (AvgIpc) is 2.23. The van der Waals surface area contributed by atoms with Gasteiger partial charge in [0.25, 0.3) is 0 Å². The lowest BCUT2D eigenvalue weighted by Crippen LogP contribution is -2.34. The van der Waals surface area contributed by atoms with E-state index in [4.69, 9.17) is 5.73 Å². The molecule has 0 aromatic heterocycles. The molecule has 1 aromatic carbocycles. The van der Waals surface area contributed by atoms with Crippen LogP contribution in [0.1, 0.15) is 5.56 Å². The average molecular weight is 237 g/mol. The topological polar surface area (TPSA) is 69.8 Å². The number of nitrogens with zero attached hydrogens (tertiary/aromatic N) is 2. The highest BCUT2D eigenvalue weighted by Crippen LogP contribution is 2.20. The highest BCUT2D eigenvalue weighted by Gasteiger charge is 2.09. The van der Waals surface area contributed by atoms with Crippen molar-refractivity contribution >= 4 is 11.6 Å². The number of anilines is 1. The van der Waals surface area contributed by atoms with Gasteiger partial charge in [-0.1, -0.05) is 6.07 Å². The highest BCUT2D eigenvalue weighted by atomic mass is 16.3. The molecule has 1 aromatic rings. The fraction of sp³-hybridized carbons (Fsp3) is 0.417. The van der Waals surface area contributed by atoms with Crippen molar-refractivity contribution in [1.82, 2.24) is 9.80 Å². The van der Waals surface area contributed by atoms with Crippen molar-refractivity contribution in [2.75, 3.05) is 33.4 Å². The minimum absolute atomic E-state index is 0.0549. The number of phenols is 1. The maximum absolute atomic E-state index is 11.5. The third kappa shape index (κ3) is 3.96. The Hall–Kier alpha value is -1.75.